The van der Waals surface area contributed by atoms with E-state index in [0.29, 0.717) is 6.42 Å². The molecule has 0 radical (unpaired) electrons. The maximum atomic E-state index is 13.1. The van der Waals surface area contributed by atoms with Crippen LogP contribution in [0.3, 0.4) is 0 Å². The SMILES string of the molecule is O=C(NC1CC1)C(=O)[C@H]1CN(c2ccnc(O)n2)C(=O)[C@@H]1Cc1ccccc1. The van der Waals surface area contributed by atoms with Crippen molar-refractivity contribution < 1.29 is 19.5 Å². The van der Waals surface area contributed by atoms with Gasteiger partial charge in [-0.1, -0.05) is 30.3 Å². The van der Waals surface area contributed by atoms with E-state index in [0.717, 1.165) is 18.4 Å². The lowest BCUT2D eigenvalue weighted by molar-refractivity contribution is -0.141. The number of nitrogens with zero attached hydrogens (tertiary/aromatic N) is 3. The second kappa shape index (κ2) is 7.38. The van der Waals surface area contributed by atoms with Crippen LogP contribution in [-0.2, 0) is 20.8 Å². The highest BCUT2D eigenvalue weighted by Gasteiger charge is 2.47. The van der Waals surface area contributed by atoms with Crippen LogP contribution in [0.15, 0.2) is 42.6 Å². The highest BCUT2D eigenvalue weighted by Crippen LogP contribution is 2.32. The Morgan fingerprint density at radius 3 is 2.61 bits per heavy atom. The van der Waals surface area contributed by atoms with Crippen LogP contribution in [0.2, 0.25) is 0 Å². The summed E-state index contributed by atoms with van der Waals surface area (Å²) in [7, 11) is 0. The molecule has 28 heavy (non-hydrogen) atoms. The molecule has 0 bridgehead atoms. The maximum Gasteiger partial charge on any atom is 0.315 e. The van der Waals surface area contributed by atoms with Crippen LogP contribution in [0.5, 0.6) is 6.01 Å². The first-order valence-corrected chi connectivity index (χ1v) is 9.25. The predicted molar refractivity (Wildman–Crippen MR) is 99.3 cm³/mol. The lowest BCUT2D eigenvalue weighted by Crippen LogP contribution is -2.39. The first kappa shape index (κ1) is 18.1. The molecule has 2 aliphatic rings. The fourth-order valence-electron chi connectivity index (χ4n) is 3.50. The standard InChI is InChI=1S/C20H20N4O4/c25-17(18(26)22-13-6-7-13)15-11-24(16-8-9-21-20(28)23-16)19(27)14(15)10-12-4-2-1-3-5-12/h1-5,8-9,13-15H,6-7,10-11H2,(H,22,26)(H,21,23,28)/t14-,15+/m1/s1. The van der Waals surface area contributed by atoms with Gasteiger partial charge < -0.3 is 10.4 Å². The van der Waals surface area contributed by atoms with Crippen LogP contribution in [0.25, 0.3) is 0 Å². The maximum absolute atomic E-state index is 13.1. The summed E-state index contributed by atoms with van der Waals surface area (Å²) < 4.78 is 0. The van der Waals surface area contributed by atoms with Gasteiger partial charge in [-0.15, -0.1) is 0 Å². The second-order valence-corrected chi connectivity index (χ2v) is 7.18. The van der Waals surface area contributed by atoms with Crippen LogP contribution in [0.4, 0.5) is 5.82 Å². The minimum atomic E-state index is -0.774. The summed E-state index contributed by atoms with van der Waals surface area (Å²) in [5.74, 6) is -2.73. The van der Waals surface area contributed by atoms with Crippen molar-refractivity contribution in [1.29, 1.82) is 0 Å². The highest BCUT2D eigenvalue weighted by molar-refractivity contribution is 6.38. The minimum Gasteiger partial charge on any atom is -0.479 e. The molecule has 144 valence electrons. The van der Waals surface area contributed by atoms with Gasteiger partial charge >= 0.3 is 6.01 Å². The van der Waals surface area contributed by atoms with E-state index in [1.807, 2.05) is 30.3 Å². The Balaban J connectivity index is 1.61. The molecule has 8 heteroatoms. The van der Waals surface area contributed by atoms with Crippen LogP contribution in [-0.4, -0.2) is 45.3 Å². The first-order valence-electron chi connectivity index (χ1n) is 9.25. The average molecular weight is 380 g/mol. The molecular weight excluding hydrogens is 360 g/mol. The number of carbonyl (C=O) groups is 3. The molecule has 0 spiro atoms. The van der Waals surface area contributed by atoms with Gasteiger partial charge in [0.2, 0.25) is 11.7 Å². The van der Waals surface area contributed by atoms with Crippen molar-refractivity contribution in [3.8, 4) is 6.01 Å². The van der Waals surface area contributed by atoms with Crippen molar-refractivity contribution in [2.45, 2.75) is 25.3 Å². The number of rotatable bonds is 6. The molecule has 2 N–H and O–H groups in total. The molecule has 1 aromatic carbocycles. The summed E-state index contributed by atoms with van der Waals surface area (Å²) >= 11 is 0. The molecule has 8 nitrogen and oxygen atoms in total. The third kappa shape index (κ3) is 3.71. The van der Waals surface area contributed by atoms with Gasteiger partial charge in [-0.2, -0.15) is 4.98 Å². The monoisotopic (exact) mass is 380 g/mol. The Bertz CT molecular complexity index is 913. The fraction of sp³-hybridized carbons (Fsp3) is 0.350. The van der Waals surface area contributed by atoms with E-state index in [-0.39, 0.29) is 24.3 Å². The number of Topliss-reactive ketones (excluding diaryl/α,β-unsaturated/α-hetero) is 1. The zero-order chi connectivity index (χ0) is 19.7. The second-order valence-electron chi connectivity index (χ2n) is 7.18. The summed E-state index contributed by atoms with van der Waals surface area (Å²) in [6.07, 6.45) is 3.44. The molecular formula is C20H20N4O4. The predicted octanol–water partition coefficient (Wildman–Crippen LogP) is 0.852. The molecule has 2 atom stereocenters. The molecule has 1 aliphatic carbocycles. The smallest absolute Gasteiger partial charge is 0.315 e. The van der Waals surface area contributed by atoms with Crippen LogP contribution in [0.1, 0.15) is 18.4 Å². The van der Waals surface area contributed by atoms with Crippen molar-refractivity contribution in [2.24, 2.45) is 11.8 Å². The van der Waals surface area contributed by atoms with E-state index >= 15 is 0 Å². The first-order chi connectivity index (χ1) is 13.5. The summed E-state index contributed by atoms with van der Waals surface area (Å²) in [5, 5.41) is 12.2. The van der Waals surface area contributed by atoms with Gasteiger partial charge in [-0.25, -0.2) is 4.98 Å². The lowest BCUT2D eigenvalue weighted by Gasteiger charge is -2.15. The van der Waals surface area contributed by atoms with E-state index < -0.39 is 29.5 Å². The normalized spacial score (nSPS) is 21.6. The molecule has 2 heterocycles. The molecule has 1 aliphatic heterocycles. The van der Waals surface area contributed by atoms with E-state index in [4.69, 9.17) is 0 Å². The molecule has 1 saturated carbocycles. The highest BCUT2D eigenvalue weighted by atomic mass is 16.3. The van der Waals surface area contributed by atoms with Gasteiger partial charge in [-0.05, 0) is 30.9 Å². The fourth-order valence-corrected chi connectivity index (χ4v) is 3.50. The van der Waals surface area contributed by atoms with Crippen molar-refractivity contribution in [2.75, 3.05) is 11.4 Å². The molecule has 2 amide bonds. The molecule has 0 unspecified atom stereocenters. The van der Waals surface area contributed by atoms with Gasteiger partial charge in [0, 0.05) is 18.8 Å². The third-order valence-electron chi connectivity index (χ3n) is 5.12. The quantitative estimate of drug-likeness (QED) is 0.719. The van der Waals surface area contributed by atoms with E-state index in [9.17, 15) is 19.5 Å². The Hall–Kier alpha value is -3.29. The molecule has 1 saturated heterocycles. The number of aromatic nitrogens is 2. The molecule has 2 aromatic rings. The minimum absolute atomic E-state index is 0.0453. The Labute approximate surface area is 161 Å². The molecule has 1 aromatic heterocycles. The number of amides is 2. The van der Waals surface area contributed by atoms with Crippen molar-refractivity contribution in [1.82, 2.24) is 15.3 Å². The van der Waals surface area contributed by atoms with Crippen molar-refractivity contribution in [3.05, 3.63) is 48.2 Å². The van der Waals surface area contributed by atoms with Crippen LogP contribution >= 0.6 is 0 Å². The number of aromatic hydroxyl groups is 1. The zero-order valence-corrected chi connectivity index (χ0v) is 15.1. The number of anilines is 1. The molecule has 4 rings (SSSR count). The van der Waals surface area contributed by atoms with E-state index in [2.05, 4.69) is 15.3 Å². The largest absolute Gasteiger partial charge is 0.479 e. The topological polar surface area (TPSA) is 112 Å². The number of nitrogens with one attached hydrogen (secondary N) is 1. The van der Waals surface area contributed by atoms with Crippen molar-refractivity contribution in [3.63, 3.8) is 0 Å². The van der Waals surface area contributed by atoms with Crippen LogP contribution < -0.4 is 10.2 Å². The Morgan fingerprint density at radius 2 is 1.93 bits per heavy atom. The van der Waals surface area contributed by atoms with Gasteiger partial charge in [0.1, 0.15) is 5.82 Å². The summed E-state index contributed by atoms with van der Waals surface area (Å²) in [6.45, 7) is 0.0453. The summed E-state index contributed by atoms with van der Waals surface area (Å²) in [5.41, 5.74) is 0.911. The zero-order valence-electron chi connectivity index (χ0n) is 15.1. The number of benzene rings is 1. The van der Waals surface area contributed by atoms with E-state index in [1.165, 1.54) is 17.2 Å². The number of hydrogen-bond acceptors (Lipinski definition) is 6. The van der Waals surface area contributed by atoms with Gasteiger partial charge in [-0.3, -0.25) is 19.3 Å². The van der Waals surface area contributed by atoms with Gasteiger partial charge in [0.25, 0.3) is 5.91 Å². The van der Waals surface area contributed by atoms with Gasteiger partial charge in [0.15, 0.2) is 0 Å². The Kier molecular flexibility index (Phi) is 4.77. The third-order valence-corrected chi connectivity index (χ3v) is 5.12. The average Bonchev–Trinajstić information content (AvgIpc) is 3.45. The van der Waals surface area contributed by atoms with Crippen LogP contribution in [0, 0.1) is 11.8 Å². The lowest BCUT2D eigenvalue weighted by atomic mass is 9.86. The number of ketones is 1. The summed E-state index contributed by atoms with van der Waals surface area (Å²) in [4.78, 5) is 47.1. The van der Waals surface area contributed by atoms with Gasteiger partial charge in [0.05, 0.1) is 11.8 Å². The Morgan fingerprint density at radius 1 is 1.18 bits per heavy atom. The summed E-state index contributed by atoms with van der Waals surface area (Å²) in [6, 6.07) is 10.5. The number of hydrogen-bond donors (Lipinski definition) is 2. The van der Waals surface area contributed by atoms with E-state index in [1.54, 1.807) is 0 Å². The number of carbonyl (C=O) groups excluding carboxylic acids is 3. The molecule has 2 fully saturated rings. The van der Waals surface area contributed by atoms with Crippen molar-refractivity contribution >= 4 is 23.4 Å².